The van der Waals surface area contributed by atoms with Gasteiger partial charge in [0.2, 0.25) is 0 Å². The molecule has 34 heavy (non-hydrogen) atoms. The number of anilines is 2. The van der Waals surface area contributed by atoms with Gasteiger partial charge in [-0.1, -0.05) is 0 Å². The van der Waals surface area contributed by atoms with Crippen LogP contribution in [0.5, 0.6) is 5.75 Å². The van der Waals surface area contributed by atoms with E-state index in [0.717, 1.165) is 12.1 Å². The van der Waals surface area contributed by atoms with Crippen molar-refractivity contribution in [2.75, 3.05) is 21.3 Å². The number of sulfone groups is 1. The minimum absolute atomic E-state index is 0.0709. The lowest BCUT2D eigenvalue weighted by atomic mass is 9.75. The summed E-state index contributed by atoms with van der Waals surface area (Å²) < 4.78 is 29.3. The number of rotatable bonds is 4. The summed E-state index contributed by atoms with van der Waals surface area (Å²) in [5.74, 6) is 0.901. The summed E-state index contributed by atoms with van der Waals surface area (Å²) >= 11 is 5.79. The van der Waals surface area contributed by atoms with Gasteiger partial charge in [0, 0.05) is 5.69 Å². The minimum Gasteiger partial charge on any atom is -0.490 e. The number of benzene rings is 1. The maximum absolute atomic E-state index is 13.6. The van der Waals surface area contributed by atoms with Crippen LogP contribution in [-0.2, 0) is 14.6 Å². The zero-order valence-corrected chi connectivity index (χ0v) is 20.4. The zero-order chi connectivity index (χ0) is 24.1. The zero-order valence-electron chi connectivity index (χ0n) is 18.7. The standard InChI is InChI=1S/C24H24N4O4S2/c1-16-13-18(15-26-21(16)14-25)27-22(29)24(9-2-10-24)28(23(27)33)17-3-5-19(6-4-17)32-20-7-11-34(30,31)12-8-20/h3-6,13,15,20H,2,7-12H2,1H3. The fraction of sp³-hybridized carbons (Fsp3) is 0.417. The summed E-state index contributed by atoms with van der Waals surface area (Å²) in [6, 6.07) is 11.3. The number of hydrogen-bond acceptors (Lipinski definition) is 7. The third kappa shape index (κ3) is 3.73. The molecule has 2 aromatic rings. The van der Waals surface area contributed by atoms with E-state index in [1.54, 1.807) is 13.0 Å². The molecule has 0 N–H and O–H groups in total. The summed E-state index contributed by atoms with van der Waals surface area (Å²) in [5.41, 5.74) is 1.67. The van der Waals surface area contributed by atoms with E-state index in [-0.39, 0.29) is 23.5 Å². The molecule has 3 heterocycles. The number of aromatic nitrogens is 1. The maximum Gasteiger partial charge on any atom is 0.259 e. The van der Waals surface area contributed by atoms with Crippen LogP contribution in [0.25, 0.3) is 0 Å². The van der Waals surface area contributed by atoms with Crippen LogP contribution in [0.15, 0.2) is 36.5 Å². The van der Waals surface area contributed by atoms with Gasteiger partial charge in [-0.3, -0.25) is 9.69 Å². The predicted molar refractivity (Wildman–Crippen MR) is 132 cm³/mol. The monoisotopic (exact) mass is 496 g/mol. The second-order valence-corrected chi connectivity index (χ2v) is 11.7. The van der Waals surface area contributed by atoms with Gasteiger partial charge in [-0.05, 0) is 87.1 Å². The second kappa shape index (κ2) is 8.32. The summed E-state index contributed by atoms with van der Waals surface area (Å²) in [7, 11) is -2.94. The van der Waals surface area contributed by atoms with Crippen LogP contribution >= 0.6 is 12.2 Å². The maximum atomic E-state index is 13.6. The van der Waals surface area contributed by atoms with Gasteiger partial charge in [0.1, 0.15) is 29.2 Å². The average molecular weight is 497 g/mol. The van der Waals surface area contributed by atoms with Crippen molar-refractivity contribution in [3.8, 4) is 11.8 Å². The summed E-state index contributed by atoms with van der Waals surface area (Å²) in [4.78, 5) is 21.2. The van der Waals surface area contributed by atoms with E-state index in [2.05, 4.69) is 4.98 Å². The lowest BCUT2D eigenvalue weighted by Crippen LogP contribution is -2.55. The Hall–Kier alpha value is -3.03. The molecular formula is C24H24N4O4S2. The molecule has 1 saturated carbocycles. The fourth-order valence-corrected chi connectivity index (χ4v) is 6.78. The first-order chi connectivity index (χ1) is 16.2. The van der Waals surface area contributed by atoms with Crippen molar-refractivity contribution in [1.82, 2.24) is 4.98 Å². The van der Waals surface area contributed by atoms with Crippen molar-refractivity contribution >= 4 is 44.4 Å². The molecule has 1 spiro atoms. The van der Waals surface area contributed by atoms with Gasteiger partial charge in [-0.25, -0.2) is 13.4 Å². The Bertz CT molecular complexity index is 1300. The number of nitrogens with zero attached hydrogens (tertiary/aromatic N) is 4. The number of hydrogen-bond donors (Lipinski definition) is 0. The van der Waals surface area contributed by atoms with Gasteiger partial charge >= 0.3 is 0 Å². The number of carbonyl (C=O) groups excluding carboxylic acids is 1. The SMILES string of the molecule is Cc1cc(N2C(=O)C3(CCC3)N(c3ccc(OC4CCS(=O)(=O)CC4)cc3)C2=S)cnc1C#N. The second-order valence-electron chi connectivity index (χ2n) is 9.08. The summed E-state index contributed by atoms with van der Waals surface area (Å²) in [6.45, 7) is 1.79. The molecule has 3 fully saturated rings. The van der Waals surface area contributed by atoms with E-state index in [1.807, 2.05) is 35.2 Å². The summed E-state index contributed by atoms with van der Waals surface area (Å²) in [5, 5.41) is 9.58. The van der Waals surface area contributed by atoms with Crippen molar-refractivity contribution < 1.29 is 17.9 Å². The molecule has 2 aliphatic heterocycles. The molecule has 0 atom stereocenters. The van der Waals surface area contributed by atoms with Crippen LogP contribution < -0.4 is 14.5 Å². The van der Waals surface area contributed by atoms with Crippen molar-refractivity contribution in [2.45, 2.75) is 50.7 Å². The van der Waals surface area contributed by atoms with E-state index < -0.39 is 15.4 Å². The average Bonchev–Trinajstić information content (AvgIpc) is 3.02. The van der Waals surface area contributed by atoms with Gasteiger partial charge in [0.15, 0.2) is 14.9 Å². The number of carbonyl (C=O) groups is 1. The van der Waals surface area contributed by atoms with Gasteiger partial charge in [-0.2, -0.15) is 5.26 Å². The largest absolute Gasteiger partial charge is 0.490 e. The molecule has 2 saturated heterocycles. The van der Waals surface area contributed by atoms with Gasteiger partial charge in [-0.15, -0.1) is 0 Å². The highest BCUT2D eigenvalue weighted by Crippen LogP contribution is 2.48. The Kier molecular flexibility index (Phi) is 5.57. The number of ether oxygens (including phenoxy) is 1. The Balaban J connectivity index is 1.39. The van der Waals surface area contributed by atoms with E-state index in [9.17, 15) is 18.5 Å². The number of aryl methyl sites for hydroxylation is 1. The van der Waals surface area contributed by atoms with Gasteiger partial charge in [0.05, 0.1) is 23.4 Å². The number of amides is 1. The first-order valence-corrected chi connectivity index (χ1v) is 13.5. The molecule has 1 amide bonds. The molecule has 0 bridgehead atoms. The topological polar surface area (TPSA) is 104 Å². The predicted octanol–water partition coefficient (Wildman–Crippen LogP) is 3.28. The Labute approximate surface area is 204 Å². The summed E-state index contributed by atoms with van der Waals surface area (Å²) in [6.07, 6.45) is 4.74. The quantitative estimate of drug-likeness (QED) is 0.594. The van der Waals surface area contributed by atoms with Gasteiger partial charge in [0.25, 0.3) is 5.91 Å². The molecule has 8 nitrogen and oxygen atoms in total. The van der Waals surface area contributed by atoms with Crippen LogP contribution in [-0.4, -0.2) is 47.6 Å². The van der Waals surface area contributed by atoms with Crippen molar-refractivity contribution in [2.24, 2.45) is 0 Å². The number of nitriles is 1. The van der Waals surface area contributed by atoms with Crippen LogP contribution in [0, 0.1) is 18.3 Å². The molecule has 10 heteroatoms. The van der Waals surface area contributed by atoms with Crippen molar-refractivity contribution in [3.63, 3.8) is 0 Å². The Morgan fingerprint density at radius 1 is 1.18 bits per heavy atom. The van der Waals surface area contributed by atoms with E-state index in [0.29, 0.717) is 53.5 Å². The normalized spacial score (nSPS) is 21.4. The lowest BCUT2D eigenvalue weighted by Gasteiger charge is -2.43. The highest BCUT2D eigenvalue weighted by Gasteiger charge is 2.59. The fourth-order valence-electron chi connectivity index (χ4n) is 4.86. The molecule has 1 aromatic heterocycles. The molecule has 0 radical (unpaired) electrons. The van der Waals surface area contributed by atoms with E-state index in [4.69, 9.17) is 17.0 Å². The number of pyridine rings is 1. The molecule has 3 aliphatic rings. The van der Waals surface area contributed by atoms with Crippen LogP contribution in [0.3, 0.4) is 0 Å². The number of thiocarbonyl (C=S) groups is 1. The molecule has 5 rings (SSSR count). The van der Waals surface area contributed by atoms with Crippen LogP contribution in [0.4, 0.5) is 11.4 Å². The molecule has 1 aromatic carbocycles. The molecular weight excluding hydrogens is 472 g/mol. The first kappa shape index (κ1) is 22.7. The Morgan fingerprint density at radius 3 is 2.41 bits per heavy atom. The highest BCUT2D eigenvalue weighted by atomic mass is 32.2. The van der Waals surface area contributed by atoms with Gasteiger partial charge < -0.3 is 9.64 Å². The molecule has 176 valence electrons. The third-order valence-electron chi connectivity index (χ3n) is 6.92. The van der Waals surface area contributed by atoms with Crippen LogP contribution in [0.2, 0.25) is 0 Å². The first-order valence-electron chi connectivity index (χ1n) is 11.3. The van der Waals surface area contributed by atoms with Crippen molar-refractivity contribution in [3.05, 3.63) is 47.8 Å². The van der Waals surface area contributed by atoms with Crippen molar-refractivity contribution in [1.29, 1.82) is 5.26 Å². The third-order valence-corrected chi connectivity index (χ3v) is 9.00. The molecule has 1 aliphatic carbocycles. The van der Waals surface area contributed by atoms with Crippen LogP contribution in [0.1, 0.15) is 43.4 Å². The molecule has 0 unspecified atom stereocenters. The highest BCUT2D eigenvalue weighted by molar-refractivity contribution is 7.91. The van der Waals surface area contributed by atoms with E-state index in [1.165, 1.54) is 11.1 Å². The lowest BCUT2D eigenvalue weighted by molar-refractivity contribution is -0.123. The Morgan fingerprint density at radius 2 is 1.85 bits per heavy atom. The van der Waals surface area contributed by atoms with E-state index >= 15 is 0 Å². The smallest absolute Gasteiger partial charge is 0.259 e. The minimum atomic E-state index is -2.94.